The van der Waals surface area contributed by atoms with E-state index >= 15 is 0 Å². The number of sulfonamides is 1. The predicted octanol–water partition coefficient (Wildman–Crippen LogP) is 6.69. The Morgan fingerprint density at radius 1 is 1.07 bits per heavy atom. The van der Waals surface area contributed by atoms with Crippen LogP contribution in [0.3, 0.4) is 0 Å². The first-order valence-electron chi connectivity index (χ1n) is 17.0. The van der Waals surface area contributed by atoms with Gasteiger partial charge in [0.15, 0.2) is 0 Å². The Morgan fingerprint density at radius 3 is 2.59 bits per heavy atom. The lowest BCUT2D eigenvalue weighted by molar-refractivity contribution is -0.122. The summed E-state index contributed by atoms with van der Waals surface area (Å²) in [5.41, 5.74) is 3.16. The second-order valence-corrected chi connectivity index (χ2v) is 16.6. The zero-order valence-corrected chi connectivity index (χ0v) is 29.8. The van der Waals surface area contributed by atoms with E-state index in [4.69, 9.17) is 21.1 Å². The summed E-state index contributed by atoms with van der Waals surface area (Å²) in [6.07, 6.45) is 8.53. The normalized spacial score (nSPS) is 28.9. The number of hydrogen-bond acceptors (Lipinski definition) is 7. The second kappa shape index (κ2) is 14.8. The Hall–Kier alpha value is -2.33. The zero-order valence-electron chi connectivity index (χ0n) is 28.2. The number of nitrogens with zero attached hydrogens (tertiary/aromatic N) is 2. The number of nitrogens with one attached hydrogen (secondary N) is 1. The third kappa shape index (κ3) is 7.86. The predicted molar refractivity (Wildman–Crippen MR) is 185 cm³/mol. The maximum atomic E-state index is 13.5. The van der Waals surface area contributed by atoms with Crippen molar-refractivity contribution in [2.24, 2.45) is 17.8 Å². The number of benzene rings is 2. The van der Waals surface area contributed by atoms with Gasteiger partial charge in [0.05, 0.1) is 16.5 Å². The molecule has 0 saturated heterocycles. The van der Waals surface area contributed by atoms with Gasteiger partial charge in [-0.3, -0.25) is 4.79 Å². The van der Waals surface area contributed by atoms with E-state index in [9.17, 15) is 13.2 Å². The number of hydrogen-bond donors (Lipinski definition) is 1. The molecule has 1 amide bonds. The molecule has 2 heterocycles. The second-order valence-electron chi connectivity index (χ2n) is 14.1. The Morgan fingerprint density at radius 2 is 1.87 bits per heavy atom. The van der Waals surface area contributed by atoms with Crippen LogP contribution >= 0.6 is 11.6 Å². The summed E-state index contributed by atoms with van der Waals surface area (Å²) in [4.78, 5) is 18.1. The molecule has 46 heavy (non-hydrogen) atoms. The van der Waals surface area contributed by atoms with Gasteiger partial charge in [-0.25, -0.2) is 13.1 Å². The topological polar surface area (TPSA) is 88.2 Å². The first-order valence-corrected chi connectivity index (χ1v) is 18.9. The fourth-order valence-electron chi connectivity index (χ4n) is 7.65. The minimum atomic E-state index is -3.89. The molecule has 1 N–H and O–H groups in total. The Kier molecular flexibility index (Phi) is 11.3. The van der Waals surface area contributed by atoms with Gasteiger partial charge in [0.25, 0.3) is 5.91 Å². The summed E-state index contributed by atoms with van der Waals surface area (Å²) in [5.74, 6) is 0.784. The summed E-state index contributed by atoms with van der Waals surface area (Å²) >= 11 is 6.37. The third-order valence-corrected chi connectivity index (χ3v) is 13.1. The number of halogens is 1. The molecule has 2 aliphatic heterocycles. The molecule has 10 heteroatoms. The van der Waals surface area contributed by atoms with Crippen LogP contribution in [0.5, 0.6) is 5.75 Å². The molecule has 8 nitrogen and oxygen atoms in total. The number of carbonyl (C=O) groups is 1. The molecule has 1 aliphatic carbocycles. The number of rotatable bonds is 4. The number of ether oxygens (including phenoxy) is 2. The van der Waals surface area contributed by atoms with Gasteiger partial charge in [-0.15, -0.1) is 0 Å². The van der Waals surface area contributed by atoms with Crippen LogP contribution in [-0.2, 0) is 27.8 Å². The van der Waals surface area contributed by atoms with Crippen LogP contribution in [0.4, 0.5) is 5.69 Å². The van der Waals surface area contributed by atoms with Crippen LogP contribution in [0, 0.1) is 17.8 Å². The lowest BCUT2D eigenvalue weighted by Crippen LogP contribution is -2.53. The van der Waals surface area contributed by atoms with Crippen LogP contribution in [-0.4, -0.2) is 70.9 Å². The summed E-state index contributed by atoms with van der Waals surface area (Å²) < 4.78 is 42.3. The van der Waals surface area contributed by atoms with Crippen molar-refractivity contribution >= 4 is 33.2 Å². The minimum Gasteiger partial charge on any atom is -0.487 e. The van der Waals surface area contributed by atoms with Gasteiger partial charge in [-0.05, 0) is 132 Å². The Balaban J connectivity index is 1.56. The minimum absolute atomic E-state index is 0.118. The largest absolute Gasteiger partial charge is 0.487 e. The number of amides is 1. The van der Waals surface area contributed by atoms with Gasteiger partial charge in [0.2, 0.25) is 10.0 Å². The average Bonchev–Trinajstić information content (AvgIpc) is 3.03. The highest BCUT2D eigenvalue weighted by Gasteiger charge is 2.48. The van der Waals surface area contributed by atoms with E-state index in [0.717, 1.165) is 93.7 Å². The van der Waals surface area contributed by atoms with Gasteiger partial charge in [-0.2, -0.15) is 0 Å². The van der Waals surface area contributed by atoms with Crippen LogP contribution in [0.15, 0.2) is 36.4 Å². The highest BCUT2D eigenvalue weighted by molar-refractivity contribution is 7.90. The lowest BCUT2D eigenvalue weighted by Gasteiger charge is -2.51. The maximum absolute atomic E-state index is 13.5. The molecule has 0 spiro atoms. The number of carbonyl (C=O) groups excluding carboxylic acids is 1. The van der Waals surface area contributed by atoms with Crippen molar-refractivity contribution in [3.63, 3.8) is 0 Å². The quantitative estimate of drug-likeness (QED) is 0.387. The van der Waals surface area contributed by atoms with E-state index in [0.29, 0.717) is 29.8 Å². The summed E-state index contributed by atoms with van der Waals surface area (Å²) in [6.45, 7) is 6.61. The van der Waals surface area contributed by atoms with Crippen LogP contribution in [0.2, 0.25) is 5.02 Å². The van der Waals surface area contributed by atoms with E-state index in [1.165, 1.54) is 5.56 Å². The molecule has 0 unspecified atom stereocenters. The molecule has 3 aliphatic rings. The van der Waals surface area contributed by atoms with Crippen LogP contribution in [0.1, 0.15) is 86.7 Å². The Labute approximate surface area is 281 Å². The molecule has 2 aromatic rings. The fraction of sp³-hybridized carbons (Fsp3) is 0.639. The first-order chi connectivity index (χ1) is 21.9. The van der Waals surface area contributed by atoms with Gasteiger partial charge in [0, 0.05) is 37.3 Å². The Bertz CT molecular complexity index is 1480. The summed E-state index contributed by atoms with van der Waals surface area (Å²) in [7, 11) is 2.18. The lowest BCUT2D eigenvalue weighted by atomic mass is 9.62. The zero-order chi connectivity index (χ0) is 33.1. The van der Waals surface area contributed by atoms with E-state index in [2.05, 4.69) is 28.6 Å². The van der Waals surface area contributed by atoms with Crippen molar-refractivity contribution in [2.75, 3.05) is 45.7 Å². The maximum Gasteiger partial charge on any atom is 0.264 e. The van der Waals surface area contributed by atoms with Gasteiger partial charge < -0.3 is 19.3 Å². The molecule has 0 radical (unpaired) electrons. The molecule has 5 atom stereocenters. The number of fused-ring (bicyclic) bond motifs is 3. The highest BCUT2D eigenvalue weighted by atomic mass is 35.5. The molecular formula is C36H52ClN3O5S. The van der Waals surface area contributed by atoms with E-state index in [1.54, 1.807) is 13.0 Å². The van der Waals surface area contributed by atoms with Crippen LogP contribution in [0.25, 0.3) is 0 Å². The average molecular weight is 674 g/mol. The fourth-order valence-corrected chi connectivity index (χ4v) is 9.16. The van der Waals surface area contributed by atoms with Gasteiger partial charge in [0.1, 0.15) is 12.4 Å². The van der Waals surface area contributed by atoms with Crippen molar-refractivity contribution in [3.8, 4) is 5.75 Å². The van der Waals surface area contributed by atoms with E-state index in [1.807, 2.05) is 44.4 Å². The standard InChI is InChI=1S/C36H52ClN3O5S/c1-25-9-8-17-36(44-5,18-20-39(3)4)32-15-12-29(32)23-40-19-7-6-10-27-21-31(37)14-11-30(27)24-45-34-16-13-28(22-33(34)40)35(41)38-46(42,43)26(25)2/h11,13-14,16,21-22,25-26,29,32H,6-10,12,15,17-20,23-24H2,1-5H3,(H,38,41)/t25-,26+,29-,32+,36-/m0/s1. The van der Waals surface area contributed by atoms with E-state index < -0.39 is 21.2 Å². The van der Waals surface area contributed by atoms with Gasteiger partial charge in [-0.1, -0.05) is 31.0 Å². The third-order valence-electron chi connectivity index (χ3n) is 11.0. The molecule has 2 bridgehead atoms. The molecule has 254 valence electrons. The summed E-state index contributed by atoms with van der Waals surface area (Å²) in [5, 5.41) is 0.00845. The van der Waals surface area contributed by atoms with Crippen molar-refractivity contribution in [1.29, 1.82) is 0 Å². The first kappa shape index (κ1) is 35.0. The van der Waals surface area contributed by atoms with Crippen molar-refractivity contribution < 1.29 is 22.7 Å². The van der Waals surface area contributed by atoms with Crippen molar-refractivity contribution in [3.05, 3.63) is 58.1 Å². The smallest absolute Gasteiger partial charge is 0.264 e. The number of anilines is 1. The SMILES string of the molecule is CO[C@]1(CCN(C)C)CCC[C@H](C)[C@@H](C)S(=O)(=O)NC(=O)c2ccc3c(c2)N(CCCCc2cc(Cl)ccc2CO3)C[C@@H]2CC[C@H]21. The van der Waals surface area contributed by atoms with Crippen molar-refractivity contribution in [1.82, 2.24) is 9.62 Å². The molecule has 1 fully saturated rings. The monoisotopic (exact) mass is 673 g/mol. The summed E-state index contributed by atoms with van der Waals surface area (Å²) in [6, 6.07) is 11.3. The van der Waals surface area contributed by atoms with Crippen LogP contribution < -0.4 is 14.4 Å². The number of methoxy groups -OCH3 is 1. The molecule has 0 aromatic heterocycles. The molecular weight excluding hydrogens is 622 g/mol. The highest BCUT2D eigenvalue weighted by Crippen LogP contribution is 2.49. The number of aryl methyl sites for hydroxylation is 1. The van der Waals surface area contributed by atoms with E-state index in [-0.39, 0.29) is 11.5 Å². The molecule has 2 aromatic carbocycles. The molecule has 5 rings (SSSR count). The van der Waals surface area contributed by atoms with Crippen molar-refractivity contribution in [2.45, 2.75) is 89.1 Å². The molecule has 1 saturated carbocycles. The van der Waals surface area contributed by atoms with Gasteiger partial charge >= 0.3 is 0 Å².